The van der Waals surface area contributed by atoms with Gasteiger partial charge < -0.3 is 4.74 Å². The highest BCUT2D eigenvalue weighted by Crippen LogP contribution is 2.34. The van der Waals surface area contributed by atoms with Gasteiger partial charge in [0.15, 0.2) is 0 Å². The van der Waals surface area contributed by atoms with Gasteiger partial charge in [0, 0.05) is 16.5 Å². The van der Waals surface area contributed by atoms with Gasteiger partial charge in [-0.15, -0.1) is 11.3 Å². The zero-order valence-corrected chi connectivity index (χ0v) is 12.3. The second kappa shape index (κ2) is 4.94. The predicted octanol–water partition coefficient (Wildman–Crippen LogP) is 3.54. The molecule has 0 spiro atoms. The molecular formula is C15H18N2OS. The molecule has 4 heteroatoms. The van der Waals surface area contributed by atoms with E-state index in [1.54, 1.807) is 11.3 Å². The Morgan fingerprint density at radius 1 is 1.37 bits per heavy atom. The van der Waals surface area contributed by atoms with Crippen molar-refractivity contribution in [3.8, 4) is 5.75 Å². The van der Waals surface area contributed by atoms with Gasteiger partial charge in [0.25, 0.3) is 0 Å². The van der Waals surface area contributed by atoms with Crippen LogP contribution in [0.4, 0.5) is 0 Å². The predicted molar refractivity (Wildman–Crippen MR) is 77.8 cm³/mol. The first-order chi connectivity index (χ1) is 9.15. The molecule has 1 aliphatic rings. The van der Waals surface area contributed by atoms with Crippen LogP contribution >= 0.6 is 11.3 Å². The number of benzene rings is 1. The number of para-hydroxylation sites is 1. The highest BCUT2D eigenvalue weighted by Gasteiger charge is 2.26. The third-order valence-electron chi connectivity index (χ3n) is 3.48. The fraction of sp³-hybridized carbons (Fsp3) is 0.400. The normalized spacial score (nSPS) is 19.0. The van der Waals surface area contributed by atoms with Crippen LogP contribution in [0.15, 0.2) is 24.3 Å². The van der Waals surface area contributed by atoms with Crippen molar-refractivity contribution < 1.29 is 4.74 Å². The molecule has 19 heavy (non-hydrogen) atoms. The topological polar surface area (TPSA) is 34.2 Å². The zero-order valence-electron chi connectivity index (χ0n) is 11.4. The van der Waals surface area contributed by atoms with E-state index in [0.717, 1.165) is 16.5 Å². The van der Waals surface area contributed by atoms with Crippen molar-refractivity contribution >= 4 is 11.3 Å². The van der Waals surface area contributed by atoms with Crippen LogP contribution in [-0.4, -0.2) is 11.6 Å². The highest BCUT2D eigenvalue weighted by atomic mass is 32.1. The molecule has 0 aliphatic carbocycles. The van der Waals surface area contributed by atoms with Crippen molar-refractivity contribution in [3.05, 3.63) is 45.4 Å². The number of nitrogens with zero attached hydrogens (tertiary/aromatic N) is 1. The van der Waals surface area contributed by atoms with Gasteiger partial charge in [-0.1, -0.05) is 18.2 Å². The minimum Gasteiger partial charge on any atom is -0.491 e. The standard InChI is InChI=1S/C15H18N2OS/c1-9-15(19-11(3)16-9)10(2)17-13-8-18-14-7-5-4-6-12(13)14/h4-7,10,13,17H,8H2,1-3H3. The van der Waals surface area contributed by atoms with E-state index in [0.29, 0.717) is 12.6 Å². The van der Waals surface area contributed by atoms with Gasteiger partial charge in [-0.05, 0) is 26.8 Å². The maximum atomic E-state index is 5.71. The Bertz CT molecular complexity index is 594. The van der Waals surface area contributed by atoms with Gasteiger partial charge in [-0.3, -0.25) is 5.32 Å². The van der Waals surface area contributed by atoms with Crippen LogP contribution in [0.2, 0.25) is 0 Å². The van der Waals surface area contributed by atoms with Crippen LogP contribution in [0.3, 0.4) is 0 Å². The molecule has 3 nitrogen and oxygen atoms in total. The molecular weight excluding hydrogens is 256 g/mol. The number of nitrogens with one attached hydrogen (secondary N) is 1. The number of ether oxygens (including phenoxy) is 1. The van der Waals surface area contributed by atoms with E-state index in [-0.39, 0.29) is 6.04 Å². The van der Waals surface area contributed by atoms with Crippen molar-refractivity contribution in [1.82, 2.24) is 10.3 Å². The molecule has 0 saturated carbocycles. The molecule has 2 aromatic rings. The van der Waals surface area contributed by atoms with E-state index in [2.05, 4.69) is 43.2 Å². The summed E-state index contributed by atoms with van der Waals surface area (Å²) in [7, 11) is 0. The maximum absolute atomic E-state index is 5.71. The monoisotopic (exact) mass is 274 g/mol. The Morgan fingerprint density at radius 3 is 2.89 bits per heavy atom. The Hall–Kier alpha value is -1.39. The average Bonchev–Trinajstić information content (AvgIpc) is 2.94. The molecule has 0 radical (unpaired) electrons. The molecule has 3 rings (SSSR count). The Morgan fingerprint density at radius 2 is 2.16 bits per heavy atom. The summed E-state index contributed by atoms with van der Waals surface area (Å²) in [6.45, 7) is 7.04. The van der Waals surface area contributed by atoms with E-state index in [1.807, 2.05) is 12.1 Å². The van der Waals surface area contributed by atoms with Crippen LogP contribution in [0, 0.1) is 13.8 Å². The second-order valence-electron chi connectivity index (χ2n) is 4.97. The summed E-state index contributed by atoms with van der Waals surface area (Å²) < 4.78 is 5.71. The summed E-state index contributed by atoms with van der Waals surface area (Å²) >= 11 is 1.77. The lowest BCUT2D eigenvalue weighted by Gasteiger charge is -2.18. The Labute approximate surface area is 117 Å². The Balaban J connectivity index is 1.78. The zero-order chi connectivity index (χ0) is 13.4. The molecule has 2 heterocycles. The van der Waals surface area contributed by atoms with Crippen LogP contribution in [0.5, 0.6) is 5.75 Å². The lowest BCUT2D eigenvalue weighted by molar-refractivity contribution is 0.301. The molecule has 0 fully saturated rings. The van der Waals surface area contributed by atoms with E-state index >= 15 is 0 Å². The molecule has 0 saturated heterocycles. The number of aromatic nitrogens is 1. The number of fused-ring (bicyclic) bond motifs is 1. The van der Waals surface area contributed by atoms with Gasteiger partial charge in [-0.2, -0.15) is 0 Å². The first kappa shape index (κ1) is 12.6. The highest BCUT2D eigenvalue weighted by molar-refractivity contribution is 7.11. The van der Waals surface area contributed by atoms with Crippen molar-refractivity contribution in [2.75, 3.05) is 6.61 Å². The van der Waals surface area contributed by atoms with Crippen LogP contribution in [0.1, 0.15) is 40.1 Å². The van der Waals surface area contributed by atoms with Crippen LogP contribution in [-0.2, 0) is 0 Å². The van der Waals surface area contributed by atoms with Gasteiger partial charge in [0.05, 0.1) is 16.7 Å². The minimum absolute atomic E-state index is 0.271. The summed E-state index contributed by atoms with van der Waals surface area (Å²) in [5.41, 5.74) is 2.39. The number of aryl methyl sites for hydroxylation is 2. The SMILES string of the molecule is Cc1nc(C)c(C(C)NC2COc3ccccc32)s1. The third-order valence-corrected chi connectivity index (χ3v) is 4.74. The minimum atomic E-state index is 0.271. The number of thiazole rings is 1. The summed E-state index contributed by atoms with van der Waals surface area (Å²) in [5, 5.41) is 4.78. The first-order valence-electron chi connectivity index (χ1n) is 6.57. The molecule has 2 unspecified atom stereocenters. The largest absolute Gasteiger partial charge is 0.491 e. The maximum Gasteiger partial charge on any atom is 0.124 e. The van der Waals surface area contributed by atoms with Crippen LogP contribution in [0.25, 0.3) is 0 Å². The molecule has 1 aromatic carbocycles. The van der Waals surface area contributed by atoms with Crippen LogP contribution < -0.4 is 10.1 Å². The first-order valence-corrected chi connectivity index (χ1v) is 7.38. The summed E-state index contributed by atoms with van der Waals surface area (Å²) in [6, 6.07) is 8.82. The number of hydrogen-bond acceptors (Lipinski definition) is 4. The molecule has 2 atom stereocenters. The van der Waals surface area contributed by atoms with Gasteiger partial charge in [0.2, 0.25) is 0 Å². The molecule has 1 aliphatic heterocycles. The van der Waals surface area contributed by atoms with Crippen molar-refractivity contribution in [2.45, 2.75) is 32.9 Å². The average molecular weight is 274 g/mol. The van der Waals surface area contributed by atoms with E-state index in [4.69, 9.17) is 4.74 Å². The fourth-order valence-electron chi connectivity index (χ4n) is 2.63. The molecule has 1 aromatic heterocycles. The third kappa shape index (κ3) is 2.38. The van der Waals surface area contributed by atoms with E-state index in [9.17, 15) is 0 Å². The molecule has 100 valence electrons. The summed E-state index contributed by atoms with van der Waals surface area (Å²) in [5.74, 6) is 1.00. The van der Waals surface area contributed by atoms with Crippen molar-refractivity contribution in [3.63, 3.8) is 0 Å². The molecule has 0 bridgehead atoms. The van der Waals surface area contributed by atoms with E-state index in [1.165, 1.54) is 10.4 Å². The molecule has 1 N–H and O–H groups in total. The van der Waals surface area contributed by atoms with Crippen molar-refractivity contribution in [2.24, 2.45) is 0 Å². The quantitative estimate of drug-likeness (QED) is 0.929. The fourth-order valence-corrected chi connectivity index (χ4v) is 3.57. The van der Waals surface area contributed by atoms with Gasteiger partial charge in [0.1, 0.15) is 12.4 Å². The Kier molecular flexibility index (Phi) is 3.29. The van der Waals surface area contributed by atoms with Crippen molar-refractivity contribution in [1.29, 1.82) is 0 Å². The van der Waals surface area contributed by atoms with Gasteiger partial charge in [-0.25, -0.2) is 4.98 Å². The lowest BCUT2D eigenvalue weighted by Crippen LogP contribution is -2.25. The number of rotatable bonds is 3. The smallest absolute Gasteiger partial charge is 0.124 e. The number of hydrogen-bond donors (Lipinski definition) is 1. The van der Waals surface area contributed by atoms with Gasteiger partial charge >= 0.3 is 0 Å². The second-order valence-corrected chi connectivity index (χ2v) is 6.21. The summed E-state index contributed by atoms with van der Waals surface area (Å²) in [6.07, 6.45) is 0. The summed E-state index contributed by atoms with van der Waals surface area (Å²) in [4.78, 5) is 5.82. The van der Waals surface area contributed by atoms with E-state index < -0.39 is 0 Å². The molecule has 0 amide bonds. The lowest BCUT2D eigenvalue weighted by atomic mass is 10.1.